The van der Waals surface area contributed by atoms with Crippen LogP contribution in [0.3, 0.4) is 0 Å². The van der Waals surface area contributed by atoms with E-state index in [0.717, 1.165) is 23.4 Å². The number of methoxy groups -OCH3 is 1. The van der Waals surface area contributed by atoms with Crippen LogP contribution >= 0.6 is 0 Å². The topological polar surface area (TPSA) is 59.9 Å². The number of carbonyl (C=O) groups is 1. The van der Waals surface area contributed by atoms with Gasteiger partial charge in [0.05, 0.1) is 19.1 Å². The van der Waals surface area contributed by atoms with Gasteiger partial charge in [-0.05, 0) is 56.2 Å². The third-order valence-electron chi connectivity index (χ3n) is 5.59. The van der Waals surface area contributed by atoms with E-state index in [4.69, 9.17) is 9.47 Å². The Balaban J connectivity index is 1.87. The van der Waals surface area contributed by atoms with E-state index in [-0.39, 0.29) is 24.8 Å². The van der Waals surface area contributed by atoms with Gasteiger partial charge in [-0.25, -0.2) is 13.2 Å². The normalized spacial score (nSPS) is 19.6. The Bertz CT molecular complexity index is 1120. The number of aliphatic imine (C=N–C) groups is 1. The second-order valence-electron chi connectivity index (χ2n) is 8.33. The number of ether oxygens (including phenoxy) is 2. The fourth-order valence-corrected chi connectivity index (χ4v) is 3.83. The Morgan fingerprint density at radius 1 is 1.18 bits per heavy atom. The molecule has 3 rings (SSSR count). The van der Waals surface area contributed by atoms with Crippen LogP contribution in [0.15, 0.2) is 71.6 Å². The van der Waals surface area contributed by atoms with E-state index >= 15 is 0 Å². The first kappa shape index (κ1) is 25.2. The minimum Gasteiger partial charge on any atom is -0.491 e. The van der Waals surface area contributed by atoms with E-state index in [1.807, 2.05) is 13.8 Å². The van der Waals surface area contributed by atoms with Crippen LogP contribution in [-0.4, -0.2) is 31.9 Å². The molecule has 5 nitrogen and oxygen atoms in total. The fourth-order valence-electron chi connectivity index (χ4n) is 3.83. The first-order chi connectivity index (χ1) is 16.2. The highest BCUT2D eigenvalue weighted by Crippen LogP contribution is 2.55. The smallest absolute Gasteiger partial charge is 0.228 e. The highest BCUT2D eigenvalue weighted by molar-refractivity contribution is 5.96. The average Bonchev–Trinajstić information content (AvgIpc) is 3.53. The number of rotatable bonds is 10. The molecule has 180 valence electrons. The van der Waals surface area contributed by atoms with Crippen LogP contribution in [0.4, 0.5) is 18.9 Å². The lowest BCUT2D eigenvalue weighted by atomic mass is 9.93. The number of nitrogens with zero attached hydrogens (tertiary/aromatic N) is 1. The van der Waals surface area contributed by atoms with Crippen LogP contribution in [0.2, 0.25) is 0 Å². The lowest BCUT2D eigenvalue weighted by Crippen LogP contribution is -2.25. The SMILES string of the molecule is C=C/C(OC[C@@]1(c2ccc(F)cc2)CC1C(=O)Nc1ccc(F)c(F)c1)=C(/COC)N=C(C)C. The minimum atomic E-state index is -1.06. The Hall–Kier alpha value is -3.39. The van der Waals surface area contributed by atoms with Gasteiger partial charge in [0.2, 0.25) is 5.91 Å². The summed E-state index contributed by atoms with van der Waals surface area (Å²) in [6.07, 6.45) is 1.95. The van der Waals surface area contributed by atoms with Gasteiger partial charge in [0.1, 0.15) is 17.3 Å². The molecule has 1 saturated carbocycles. The summed E-state index contributed by atoms with van der Waals surface area (Å²) in [5, 5.41) is 2.63. The molecule has 0 saturated heterocycles. The van der Waals surface area contributed by atoms with Crippen LogP contribution in [0.5, 0.6) is 0 Å². The summed E-state index contributed by atoms with van der Waals surface area (Å²) in [5.74, 6) is -2.94. The van der Waals surface area contributed by atoms with Crippen molar-refractivity contribution in [2.45, 2.75) is 25.7 Å². The summed E-state index contributed by atoms with van der Waals surface area (Å²) < 4.78 is 51.6. The molecule has 1 N–H and O–H groups in total. The predicted octanol–water partition coefficient (Wildman–Crippen LogP) is 5.54. The molecule has 2 aromatic rings. The van der Waals surface area contributed by atoms with Gasteiger partial charge in [-0.2, -0.15) is 0 Å². The number of anilines is 1. The summed E-state index contributed by atoms with van der Waals surface area (Å²) in [6.45, 7) is 7.79. The summed E-state index contributed by atoms with van der Waals surface area (Å²) >= 11 is 0. The zero-order valence-electron chi connectivity index (χ0n) is 19.3. The van der Waals surface area contributed by atoms with E-state index < -0.39 is 28.8 Å². The molecule has 1 aliphatic rings. The molecular formula is C26H27F3N2O3. The largest absolute Gasteiger partial charge is 0.491 e. The van der Waals surface area contributed by atoms with Crippen molar-refractivity contribution in [2.24, 2.45) is 10.9 Å². The number of halogens is 3. The molecule has 1 aliphatic carbocycles. The first-order valence-electron chi connectivity index (χ1n) is 10.7. The second-order valence-corrected chi connectivity index (χ2v) is 8.33. The predicted molar refractivity (Wildman–Crippen MR) is 125 cm³/mol. The molecule has 34 heavy (non-hydrogen) atoms. The van der Waals surface area contributed by atoms with Gasteiger partial charge in [-0.1, -0.05) is 18.7 Å². The lowest BCUT2D eigenvalue weighted by Gasteiger charge is -2.20. The van der Waals surface area contributed by atoms with E-state index in [1.165, 1.54) is 24.3 Å². The molecule has 1 fully saturated rings. The second kappa shape index (κ2) is 10.7. The molecule has 0 spiro atoms. The summed E-state index contributed by atoms with van der Waals surface area (Å²) in [5.41, 5.74) is 1.49. The molecule has 2 atom stereocenters. The molecule has 2 aromatic carbocycles. The van der Waals surface area contributed by atoms with Crippen molar-refractivity contribution in [3.63, 3.8) is 0 Å². The van der Waals surface area contributed by atoms with Gasteiger partial charge in [-0.15, -0.1) is 0 Å². The van der Waals surface area contributed by atoms with Crippen molar-refractivity contribution in [3.05, 3.63) is 89.6 Å². The van der Waals surface area contributed by atoms with Crippen LogP contribution in [-0.2, 0) is 19.7 Å². The molecule has 0 aromatic heterocycles. The highest BCUT2D eigenvalue weighted by Gasteiger charge is 2.60. The van der Waals surface area contributed by atoms with Crippen LogP contribution in [0.25, 0.3) is 0 Å². The number of benzene rings is 2. The number of carbonyl (C=O) groups excluding carboxylic acids is 1. The standard InChI is InChI=1S/C26H27F3N2O3/c1-5-24(23(14-33-4)30-16(2)3)34-15-26(17-6-8-18(27)9-7-17)13-20(26)25(32)31-19-10-11-21(28)22(29)12-19/h5-12,20H,1,13-15H2,2-4H3,(H,31,32)/b24-23+/t20?,26-/m1/s1. The molecule has 0 radical (unpaired) electrons. The summed E-state index contributed by atoms with van der Waals surface area (Å²) in [7, 11) is 1.54. The summed E-state index contributed by atoms with van der Waals surface area (Å²) in [4.78, 5) is 17.4. The number of allylic oxidation sites excluding steroid dienone is 1. The van der Waals surface area contributed by atoms with Crippen molar-refractivity contribution >= 4 is 17.3 Å². The maximum Gasteiger partial charge on any atom is 0.228 e. The molecule has 8 heteroatoms. The van der Waals surface area contributed by atoms with Gasteiger partial charge >= 0.3 is 0 Å². The Labute approximate surface area is 197 Å². The van der Waals surface area contributed by atoms with Gasteiger partial charge in [0, 0.05) is 30.0 Å². The van der Waals surface area contributed by atoms with Gasteiger partial charge in [0.25, 0.3) is 0 Å². The number of hydrogen-bond donors (Lipinski definition) is 1. The number of nitrogens with one attached hydrogen (secondary N) is 1. The molecule has 0 heterocycles. The van der Waals surface area contributed by atoms with Crippen LogP contribution in [0.1, 0.15) is 25.8 Å². The zero-order valence-corrected chi connectivity index (χ0v) is 19.3. The lowest BCUT2D eigenvalue weighted by molar-refractivity contribution is -0.118. The van der Waals surface area contributed by atoms with Crippen molar-refractivity contribution in [3.8, 4) is 0 Å². The minimum absolute atomic E-state index is 0.0986. The Morgan fingerprint density at radius 3 is 2.47 bits per heavy atom. The van der Waals surface area contributed by atoms with Gasteiger partial charge in [-0.3, -0.25) is 9.79 Å². The Morgan fingerprint density at radius 2 is 1.88 bits per heavy atom. The fraction of sp³-hybridized carbons (Fsp3) is 0.308. The molecule has 0 bridgehead atoms. The quantitative estimate of drug-likeness (QED) is 0.281. The molecule has 1 unspecified atom stereocenters. The highest BCUT2D eigenvalue weighted by atomic mass is 19.2. The van der Waals surface area contributed by atoms with Gasteiger partial charge < -0.3 is 14.8 Å². The molecular weight excluding hydrogens is 445 g/mol. The third kappa shape index (κ3) is 5.75. The zero-order chi connectivity index (χ0) is 24.9. The van der Waals surface area contributed by atoms with E-state index in [2.05, 4.69) is 16.9 Å². The van der Waals surface area contributed by atoms with E-state index in [1.54, 1.807) is 19.2 Å². The molecule has 0 aliphatic heterocycles. The third-order valence-corrected chi connectivity index (χ3v) is 5.59. The van der Waals surface area contributed by atoms with Crippen LogP contribution in [0, 0.1) is 23.4 Å². The monoisotopic (exact) mass is 472 g/mol. The van der Waals surface area contributed by atoms with Crippen LogP contribution < -0.4 is 5.32 Å². The van der Waals surface area contributed by atoms with Crippen molar-refractivity contribution in [1.82, 2.24) is 0 Å². The van der Waals surface area contributed by atoms with Crippen molar-refractivity contribution in [1.29, 1.82) is 0 Å². The Kier molecular flexibility index (Phi) is 7.94. The van der Waals surface area contributed by atoms with E-state index in [0.29, 0.717) is 17.9 Å². The first-order valence-corrected chi connectivity index (χ1v) is 10.7. The number of amides is 1. The maximum absolute atomic E-state index is 13.6. The van der Waals surface area contributed by atoms with Gasteiger partial charge in [0.15, 0.2) is 11.6 Å². The maximum atomic E-state index is 13.6. The summed E-state index contributed by atoms with van der Waals surface area (Å²) in [6, 6.07) is 9.04. The van der Waals surface area contributed by atoms with Crippen molar-refractivity contribution in [2.75, 3.05) is 25.6 Å². The molecule has 1 amide bonds. The number of hydrogen-bond acceptors (Lipinski definition) is 4. The van der Waals surface area contributed by atoms with Crippen molar-refractivity contribution < 1.29 is 27.4 Å². The average molecular weight is 473 g/mol. The van der Waals surface area contributed by atoms with E-state index in [9.17, 15) is 18.0 Å².